The number of hydrogen-bond acceptors (Lipinski definition) is 3. The molecule has 0 bridgehead atoms. The lowest BCUT2D eigenvalue weighted by molar-refractivity contribution is -0.122. The summed E-state index contributed by atoms with van der Waals surface area (Å²) in [5.41, 5.74) is 8.35. The van der Waals surface area contributed by atoms with Gasteiger partial charge in [0.25, 0.3) is 0 Å². The summed E-state index contributed by atoms with van der Waals surface area (Å²) in [5.74, 6) is 0.0260. The van der Waals surface area contributed by atoms with E-state index in [4.69, 9.17) is 0 Å². The summed E-state index contributed by atoms with van der Waals surface area (Å²) in [7, 11) is 1.82. The Morgan fingerprint density at radius 2 is 1.61 bits per heavy atom. The highest BCUT2D eigenvalue weighted by Crippen LogP contribution is 2.54. The third-order valence-corrected chi connectivity index (χ3v) is 7.04. The van der Waals surface area contributed by atoms with E-state index in [2.05, 4.69) is 52.0 Å². The summed E-state index contributed by atoms with van der Waals surface area (Å²) in [6, 6.07) is 10.6. The number of aryl methyl sites for hydroxylation is 3. The monoisotopic (exact) mass is 417 g/mol. The zero-order valence-electron chi connectivity index (χ0n) is 18.9. The summed E-state index contributed by atoms with van der Waals surface area (Å²) in [5, 5.41) is 19.8. The molecular formula is C27H31NO3. The van der Waals surface area contributed by atoms with Crippen molar-refractivity contribution in [3.8, 4) is 11.1 Å². The zero-order chi connectivity index (χ0) is 22.5. The molecule has 0 radical (unpaired) electrons. The maximum absolute atomic E-state index is 13.5. The fourth-order valence-electron chi connectivity index (χ4n) is 4.48. The summed E-state index contributed by atoms with van der Waals surface area (Å²) < 4.78 is 0. The van der Waals surface area contributed by atoms with Gasteiger partial charge in [-0.1, -0.05) is 30.4 Å². The Kier molecular flexibility index (Phi) is 5.40. The van der Waals surface area contributed by atoms with E-state index in [9.17, 15) is 15.0 Å². The minimum absolute atomic E-state index is 0.0260. The number of aliphatic hydroxyl groups is 2. The van der Waals surface area contributed by atoms with E-state index in [0.717, 1.165) is 35.2 Å². The first-order valence-electron chi connectivity index (χ1n) is 10.9. The molecule has 0 aromatic heterocycles. The number of amides is 1. The third kappa shape index (κ3) is 3.75. The normalized spacial score (nSPS) is 21.6. The van der Waals surface area contributed by atoms with Crippen LogP contribution >= 0.6 is 0 Å². The van der Waals surface area contributed by atoms with Crippen LogP contribution < -0.4 is 4.90 Å². The first kappa shape index (κ1) is 21.5. The van der Waals surface area contributed by atoms with Crippen molar-refractivity contribution in [1.29, 1.82) is 0 Å². The molecule has 2 atom stereocenters. The molecule has 4 heteroatoms. The van der Waals surface area contributed by atoms with Gasteiger partial charge in [0.1, 0.15) is 12.2 Å². The van der Waals surface area contributed by atoms with E-state index < -0.39 is 17.6 Å². The van der Waals surface area contributed by atoms with Gasteiger partial charge in [0.05, 0.1) is 5.41 Å². The zero-order valence-corrected chi connectivity index (χ0v) is 18.9. The molecule has 1 amide bonds. The van der Waals surface area contributed by atoms with Crippen LogP contribution in [0.4, 0.5) is 5.69 Å². The quantitative estimate of drug-likeness (QED) is 0.767. The van der Waals surface area contributed by atoms with E-state index in [1.54, 1.807) is 23.1 Å². The SMILES string of the molecule is Cc1ccc(N(C)C(=O)C2(C3=CC(O)C(O)C=C3)CC2)cc1-c1cc(C)c(C)c(C)c1. The van der Waals surface area contributed by atoms with E-state index in [0.29, 0.717) is 0 Å². The Bertz CT molecular complexity index is 1080. The summed E-state index contributed by atoms with van der Waals surface area (Å²) in [4.78, 5) is 15.2. The minimum atomic E-state index is -0.963. The molecule has 162 valence electrons. The number of aliphatic hydroxyl groups excluding tert-OH is 2. The van der Waals surface area contributed by atoms with E-state index in [1.165, 1.54) is 22.3 Å². The van der Waals surface area contributed by atoms with Crippen molar-refractivity contribution < 1.29 is 15.0 Å². The van der Waals surface area contributed by atoms with Crippen molar-refractivity contribution in [2.75, 3.05) is 11.9 Å². The Hall–Kier alpha value is -2.69. The van der Waals surface area contributed by atoms with Gasteiger partial charge in [-0.2, -0.15) is 0 Å². The second-order valence-electron chi connectivity index (χ2n) is 9.14. The van der Waals surface area contributed by atoms with Gasteiger partial charge in [-0.05, 0) is 97.7 Å². The molecule has 2 unspecified atom stereocenters. The van der Waals surface area contributed by atoms with Crippen LogP contribution in [0, 0.1) is 33.1 Å². The molecule has 1 fully saturated rings. The van der Waals surface area contributed by atoms with E-state index in [-0.39, 0.29) is 5.91 Å². The van der Waals surface area contributed by atoms with Gasteiger partial charge in [-0.3, -0.25) is 4.79 Å². The van der Waals surface area contributed by atoms with E-state index in [1.807, 2.05) is 13.1 Å². The number of hydrogen-bond donors (Lipinski definition) is 2. The molecule has 0 spiro atoms. The topological polar surface area (TPSA) is 60.8 Å². The van der Waals surface area contributed by atoms with Crippen LogP contribution in [0.25, 0.3) is 11.1 Å². The molecule has 0 saturated heterocycles. The van der Waals surface area contributed by atoms with Gasteiger partial charge in [0.2, 0.25) is 5.91 Å². The second-order valence-corrected chi connectivity index (χ2v) is 9.14. The summed E-state index contributed by atoms with van der Waals surface area (Å²) >= 11 is 0. The Morgan fingerprint density at radius 3 is 2.19 bits per heavy atom. The Morgan fingerprint density at radius 1 is 0.968 bits per heavy atom. The van der Waals surface area contributed by atoms with Crippen LogP contribution in [-0.2, 0) is 4.79 Å². The van der Waals surface area contributed by atoms with Crippen LogP contribution in [0.2, 0.25) is 0 Å². The largest absolute Gasteiger partial charge is 0.386 e. The lowest BCUT2D eigenvalue weighted by atomic mass is 9.88. The number of nitrogens with zero attached hydrogens (tertiary/aromatic N) is 1. The number of rotatable bonds is 4. The Balaban J connectivity index is 1.66. The third-order valence-electron chi connectivity index (χ3n) is 7.04. The van der Waals surface area contributed by atoms with Crippen molar-refractivity contribution in [2.24, 2.45) is 5.41 Å². The van der Waals surface area contributed by atoms with Crippen molar-refractivity contribution in [2.45, 2.75) is 52.7 Å². The standard InChI is InChI=1S/C27H31NO3/c1-16-6-8-22(15-23(16)20-12-17(2)19(4)18(3)13-20)28(5)26(31)27(10-11-27)21-7-9-24(29)25(30)14-21/h6-9,12-15,24-25,29-30H,10-11H2,1-5H3. The van der Waals surface area contributed by atoms with Crippen LogP contribution in [-0.4, -0.2) is 35.4 Å². The van der Waals surface area contributed by atoms with Gasteiger partial charge < -0.3 is 15.1 Å². The highest BCUT2D eigenvalue weighted by molar-refractivity contribution is 6.02. The van der Waals surface area contributed by atoms with E-state index >= 15 is 0 Å². The lowest BCUT2D eigenvalue weighted by Crippen LogP contribution is -2.36. The van der Waals surface area contributed by atoms with Crippen LogP contribution in [0.5, 0.6) is 0 Å². The molecule has 2 aromatic rings. The van der Waals surface area contributed by atoms with Crippen molar-refractivity contribution in [1.82, 2.24) is 0 Å². The number of anilines is 1. The second kappa shape index (κ2) is 7.77. The van der Waals surface area contributed by atoms with Crippen LogP contribution in [0.1, 0.15) is 35.1 Å². The molecule has 0 aliphatic heterocycles. The van der Waals surface area contributed by atoms with Gasteiger partial charge in [-0.25, -0.2) is 0 Å². The first-order valence-corrected chi connectivity index (χ1v) is 10.9. The molecule has 4 rings (SSSR count). The lowest BCUT2D eigenvalue weighted by Gasteiger charge is -2.28. The predicted molar refractivity (Wildman–Crippen MR) is 125 cm³/mol. The maximum Gasteiger partial charge on any atom is 0.237 e. The molecule has 31 heavy (non-hydrogen) atoms. The average Bonchev–Trinajstić information content (AvgIpc) is 3.55. The van der Waals surface area contributed by atoms with Gasteiger partial charge in [0.15, 0.2) is 0 Å². The molecule has 2 aliphatic rings. The average molecular weight is 418 g/mol. The van der Waals surface area contributed by atoms with Gasteiger partial charge in [0, 0.05) is 12.7 Å². The maximum atomic E-state index is 13.5. The van der Waals surface area contributed by atoms with Crippen LogP contribution in [0.15, 0.2) is 54.1 Å². The number of carbonyl (C=O) groups is 1. The predicted octanol–water partition coefficient (Wildman–Crippen LogP) is 4.55. The van der Waals surface area contributed by atoms with Crippen molar-refractivity contribution in [3.05, 3.63) is 76.4 Å². The summed E-state index contributed by atoms with van der Waals surface area (Å²) in [6.07, 6.45) is 4.62. The minimum Gasteiger partial charge on any atom is -0.386 e. The summed E-state index contributed by atoms with van der Waals surface area (Å²) in [6.45, 7) is 8.50. The number of allylic oxidation sites excluding steroid dienone is 1. The van der Waals surface area contributed by atoms with Crippen molar-refractivity contribution >= 4 is 11.6 Å². The molecule has 4 nitrogen and oxygen atoms in total. The highest BCUT2D eigenvalue weighted by Gasteiger charge is 2.54. The fraction of sp³-hybridized carbons (Fsp3) is 0.370. The Labute approximate surface area is 184 Å². The molecule has 2 aromatic carbocycles. The number of benzene rings is 2. The fourth-order valence-corrected chi connectivity index (χ4v) is 4.48. The first-order chi connectivity index (χ1) is 14.6. The van der Waals surface area contributed by atoms with Gasteiger partial charge >= 0.3 is 0 Å². The molecule has 0 heterocycles. The number of carbonyl (C=O) groups excluding carboxylic acids is 1. The van der Waals surface area contributed by atoms with Gasteiger partial charge in [-0.15, -0.1) is 0 Å². The van der Waals surface area contributed by atoms with Crippen molar-refractivity contribution in [3.63, 3.8) is 0 Å². The molecule has 2 N–H and O–H groups in total. The highest BCUT2D eigenvalue weighted by atomic mass is 16.3. The molecule has 1 saturated carbocycles. The van der Waals surface area contributed by atoms with Crippen LogP contribution in [0.3, 0.4) is 0 Å². The molecule has 2 aliphatic carbocycles. The smallest absolute Gasteiger partial charge is 0.237 e. The molecular weight excluding hydrogens is 386 g/mol.